The number of hydrogen-bond acceptors (Lipinski definition) is 4. The fourth-order valence-electron chi connectivity index (χ4n) is 3.83. The molecule has 0 aromatic rings. The maximum atomic E-state index is 11.4. The number of rotatable bonds is 18. The standard InChI is InChI=1S/C26H47N3O2S/c1-20(2)10-7-11-21(3)12-8-13-22(4)14-9-15-23(5)16-17-32-18-25(26(30)31)29(19-27)24(6)28/h16,20-22,25,28H,7-15,17-18H2,1-6H3,(H,30,31). The van der Waals surface area contributed by atoms with E-state index in [-0.39, 0.29) is 11.6 Å². The van der Waals surface area contributed by atoms with Crippen molar-refractivity contribution in [2.45, 2.75) is 105 Å². The summed E-state index contributed by atoms with van der Waals surface area (Å²) in [5, 5.41) is 26.0. The average Bonchev–Trinajstić information content (AvgIpc) is 2.69. The number of nitrogens with one attached hydrogen (secondary N) is 1. The van der Waals surface area contributed by atoms with Crippen LogP contribution in [0.1, 0.15) is 99.3 Å². The average molecular weight is 466 g/mol. The Kier molecular flexibility index (Phi) is 17.2. The number of nitrogens with zero attached hydrogens (tertiary/aromatic N) is 2. The topological polar surface area (TPSA) is 88.2 Å². The summed E-state index contributed by atoms with van der Waals surface area (Å²) in [5.41, 5.74) is 1.34. The molecule has 3 unspecified atom stereocenters. The second-order valence-corrected chi connectivity index (χ2v) is 10.9. The van der Waals surface area contributed by atoms with Gasteiger partial charge in [-0.05, 0) is 44.4 Å². The number of carboxylic acid groups (broad SMARTS) is 1. The third-order valence-corrected chi connectivity index (χ3v) is 6.99. The molecule has 0 fully saturated rings. The highest BCUT2D eigenvalue weighted by Gasteiger charge is 2.26. The lowest BCUT2D eigenvalue weighted by Gasteiger charge is -2.21. The molecule has 0 aromatic carbocycles. The summed E-state index contributed by atoms with van der Waals surface area (Å²) in [5.74, 6) is 2.37. The van der Waals surface area contributed by atoms with E-state index < -0.39 is 12.0 Å². The molecule has 32 heavy (non-hydrogen) atoms. The van der Waals surface area contributed by atoms with Gasteiger partial charge in [0.25, 0.3) is 0 Å². The van der Waals surface area contributed by atoms with Crippen LogP contribution in [0.4, 0.5) is 0 Å². The van der Waals surface area contributed by atoms with E-state index in [1.54, 1.807) is 6.19 Å². The van der Waals surface area contributed by atoms with E-state index in [4.69, 9.17) is 10.7 Å². The van der Waals surface area contributed by atoms with Crippen molar-refractivity contribution in [2.24, 2.45) is 17.8 Å². The van der Waals surface area contributed by atoms with Gasteiger partial charge in [-0.15, -0.1) is 0 Å². The fraction of sp³-hybridized carbons (Fsp3) is 0.808. The third-order valence-electron chi connectivity index (χ3n) is 6.03. The molecule has 0 saturated carbocycles. The molecule has 0 aliphatic heterocycles. The molecule has 0 aliphatic rings. The summed E-state index contributed by atoms with van der Waals surface area (Å²) in [4.78, 5) is 12.4. The highest BCUT2D eigenvalue weighted by molar-refractivity contribution is 7.99. The first-order valence-corrected chi connectivity index (χ1v) is 13.4. The predicted octanol–water partition coefficient (Wildman–Crippen LogP) is 7.34. The van der Waals surface area contributed by atoms with Crippen LogP contribution in [0.5, 0.6) is 0 Å². The Morgan fingerprint density at radius 1 is 1.03 bits per heavy atom. The molecule has 0 rings (SSSR count). The monoisotopic (exact) mass is 465 g/mol. The van der Waals surface area contributed by atoms with E-state index in [0.29, 0.717) is 0 Å². The van der Waals surface area contributed by atoms with Gasteiger partial charge in [0.2, 0.25) is 0 Å². The second kappa shape index (κ2) is 18.0. The first-order chi connectivity index (χ1) is 15.1. The van der Waals surface area contributed by atoms with Crippen molar-refractivity contribution >= 4 is 23.6 Å². The molecule has 0 amide bonds. The van der Waals surface area contributed by atoms with Crippen molar-refractivity contribution in [1.29, 1.82) is 10.7 Å². The second-order valence-electron chi connectivity index (χ2n) is 9.86. The minimum atomic E-state index is -1.06. The van der Waals surface area contributed by atoms with E-state index >= 15 is 0 Å². The van der Waals surface area contributed by atoms with Gasteiger partial charge in [0.15, 0.2) is 12.2 Å². The molecule has 0 spiro atoms. The molecule has 0 aromatic heterocycles. The Labute approximate surface area is 201 Å². The quantitative estimate of drug-likeness (QED) is 0.0552. The maximum Gasteiger partial charge on any atom is 0.328 e. The molecule has 184 valence electrons. The minimum Gasteiger partial charge on any atom is -0.480 e. The van der Waals surface area contributed by atoms with E-state index in [1.807, 2.05) is 0 Å². The van der Waals surface area contributed by atoms with Crippen LogP contribution in [-0.2, 0) is 4.79 Å². The van der Waals surface area contributed by atoms with Crippen molar-refractivity contribution in [3.63, 3.8) is 0 Å². The van der Waals surface area contributed by atoms with Crippen LogP contribution < -0.4 is 0 Å². The normalized spacial score (nSPS) is 14.6. The van der Waals surface area contributed by atoms with Crippen molar-refractivity contribution < 1.29 is 9.90 Å². The fourth-order valence-corrected chi connectivity index (χ4v) is 4.88. The van der Waals surface area contributed by atoms with Gasteiger partial charge in [0, 0.05) is 11.5 Å². The summed E-state index contributed by atoms with van der Waals surface area (Å²) in [6.07, 6.45) is 15.6. The van der Waals surface area contributed by atoms with Gasteiger partial charge >= 0.3 is 5.97 Å². The Morgan fingerprint density at radius 3 is 2.03 bits per heavy atom. The van der Waals surface area contributed by atoms with Gasteiger partial charge in [-0.1, -0.05) is 84.3 Å². The number of amidine groups is 1. The van der Waals surface area contributed by atoms with Crippen molar-refractivity contribution in [2.75, 3.05) is 11.5 Å². The first kappa shape index (κ1) is 30.5. The molecule has 0 heterocycles. The number of hydrogen-bond donors (Lipinski definition) is 2. The Balaban J connectivity index is 4.03. The first-order valence-electron chi connectivity index (χ1n) is 12.3. The zero-order valence-corrected chi connectivity index (χ0v) is 22.1. The molecule has 0 bridgehead atoms. The predicted molar refractivity (Wildman–Crippen MR) is 138 cm³/mol. The van der Waals surface area contributed by atoms with Crippen molar-refractivity contribution in [1.82, 2.24) is 4.90 Å². The van der Waals surface area contributed by atoms with Crippen LogP contribution >= 0.6 is 11.8 Å². The van der Waals surface area contributed by atoms with Crippen molar-refractivity contribution in [3.05, 3.63) is 11.6 Å². The molecule has 0 aliphatic carbocycles. The summed E-state index contributed by atoms with van der Waals surface area (Å²) in [6, 6.07) is -0.977. The number of carboxylic acids is 1. The Morgan fingerprint density at radius 2 is 1.56 bits per heavy atom. The van der Waals surface area contributed by atoms with Crippen molar-refractivity contribution in [3.8, 4) is 6.19 Å². The number of thioether (sulfide) groups is 1. The van der Waals surface area contributed by atoms with Crippen LogP contribution in [0.3, 0.4) is 0 Å². The number of allylic oxidation sites excluding steroid dienone is 1. The van der Waals surface area contributed by atoms with E-state index in [0.717, 1.165) is 34.8 Å². The molecule has 2 N–H and O–H groups in total. The van der Waals surface area contributed by atoms with E-state index in [1.165, 1.54) is 75.6 Å². The lowest BCUT2D eigenvalue weighted by atomic mass is 9.91. The van der Waals surface area contributed by atoms with Crippen LogP contribution in [0.25, 0.3) is 0 Å². The van der Waals surface area contributed by atoms with Crippen LogP contribution in [0.15, 0.2) is 11.6 Å². The number of nitriles is 1. The Hall–Kier alpha value is -1.48. The number of aliphatic carboxylic acids is 1. The lowest BCUT2D eigenvalue weighted by Crippen LogP contribution is -2.42. The largest absolute Gasteiger partial charge is 0.480 e. The molecular weight excluding hydrogens is 418 g/mol. The molecule has 5 nitrogen and oxygen atoms in total. The molecule has 3 atom stereocenters. The van der Waals surface area contributed by atoms with Crippen LogP contribution in [-0.4, -0.2) is 39.4 Å². The van der Waals surface area contributed by atoms with Gasteiger partial charge in [-0.2, -0.15) is 17.0 Å². The maximum absolute atomic E-state index is 11.4. The number of carbonyl (C=O) groups is 1. The summed E-state index contributed by atoms with van der Waals surface area (Å²) < 4.78 is 0. The Bertz CT molecular complexity index is 613. The molecule has 6 heteroatoms. The summed E-state index contributed by atoms with van der Waals surface area (Å²) in [6.45, 7) is 13.0. The minimum absolute atomic E-state index is 0.0399. The highest BCUT2D eigenvalue weighted by atomic mass is 32.2. The zero-order valence-electron chi connectivity index (χ0n) is 21.3. The van der Waals surface area contributed by atoms with Gasteiger partial charge in [-0.25, -0.2) is 4.79 Å². The van der Waals surface area contributed by atoms with E-state index in [9.17, 15) is 9.90 Å². The summed E-state index contributed by atoms with van der Waals surface area (Å²) in [7, 11) is 0. The van der Waals surface area contributed by atoms with E-state index in [2.05, 4.69) is 40.7 Å². The van der Waals surface area contributed by atoms with Gasteiger partial charge in [0.05, 0.1) is 0 Å². The molecule has 0 saturated heterocycles. The highest BCUT2D eigenvalue weighted by Crippen LogP contribution is 2.22. The van der Waals surface area contributed by atoms with Crippen LogP contribution in [0, 0.1) is 34.6 Å². The van der Waals surface area contributed by atoms with Gasteiger partial charge in [0.1, 0.15) is 5.84 Å². The third kappa shape index (κ3) is 15.3. The molecule has 0 radical (unpaired) electrons. The SMILES string of the molecule is CC(=N)N(C#N)C(CSCC=C(C)CCCC(C)CCCC(C)CCCC(C)C)C(=O)O. The molecular formula is C26H47N3O2S. The zero-order chi connectivity index (χ0) is 24.5. The van der Waals surface area contributed by atoms with Crippen LogP contribution in [0.2, 0.25) is 0 Å². The van der Waals surface area contributed by atoms with Gasteiger partial charge < -0.3 is 5.11 Å². The lowest BCUT2D eigenvalue weighted by molar-refractivity contribution is -0.140. The van der Waals surface area contributed by atoms with Gasteiger partial charge in [-0.3, -0.25) is 10.3 Å². The summed E-state index contributed by atoms with van der Waals surface area (Å²) >= 11 is 1.49. The smallest absolute Gasteiger partial charge is 0.328 e.